The summed E-state index contributed by atoms with van der Waals surface area (Å²) in [6, 6.07) is 4.31. The van der Waals surface area contributed by atoms with Crippen LogP contribution in [0.2, 0.25) is 0 Å². The van der Waals surface area contributed by atoms with Gasteiger partial charge in [0, 0.05) is 19.1 Å². The molecule has 0 saturated carbocycles. The van der Waals surface area contributed by atoms with Gasteiger partial charge in [-0.05, 0) is 25.5 Å². The molecule has 3 N–H and O–H groups in total. The van der Waals surface area contributed by atoms with Crippen LogP contribution in [0.25, 0.3) is 0 Å². The lowest BCUT2D eigenvalue weighted by atomic mass is 10.1. The number of likely N-dealkylation sites (tertiary alicyclic amines) is 1. The van der Waals surface area contributed by atoms with Gasteiger partial charge < -0.3 is 25.4 Å². The second-order valence-corrected chi connectivity index (χ2v) is 5.40. The summed E-state index contributed by atoms with van der Waals surface area (Å²) in [5, 5.41) is 2.75. The van der Waals surface area contributed by atoms with E-state index >= 15 is 0 Å². The van der Waals surface area contributed by atoms with E-state index in [9.17, 15) is 9.59 Å². The summed E-state index contributed by atoms with van der Waals surface area (Å²) in [5.74, 6) is 0.306. The van der Waals surface area contributed by atoms with Gasteiger partial charge in [-0.3, -0.25) is 9.59 Å². The van der Waals surface area contributed by atoms with Crippen molar-refractivity contribution in [1.82, 2.24) is 10.2 Å². The van der Waals surface area contributed by atoms with E-state index in [-0.39, 0.29) is 17.9 Å². The molecule has 7 heteroatoms. The van der Waals surface area contributed by atoms with Gasteiger partial charge in [-0.2, -0.15) is 0 Å². The summed E-state index contributed by atoms with van der Waals surface area (Å²) in [6.07, 6.45) is 0.440. The van der Waals surface area contributed by atoms with Crippen LogP contribution in [0.3, 0.4) is 0 Å². The molecule has 1 aromatic carbocycles. The highest BCUT2D eigenvalue weighted by Crippen LogP contribution is 2.31. The molecule has 1 aliphatic rings. The second-order valence-electron chi connectivity index (χ2n) is 5.40. The molecule has 0 aliphatic carbocycles. The Bertz CT molecular complexity index is 568. The number of likely N-dealkylation sites (N-methyl/N-ethyl adjacent to an activating group) is 1. The van der Waals surface area contributed by atoms with Crippen LogP contribution >= 0.6 is 0 Å². The second kappa shape index (κ2) is 7.32. The number of benzene rings is 1. The van der Waals surface area contributed by atoms with Gasteiger partial charge in [-0.15, -0.1) is 0 Å². The van der Waals surface area contributed by atoms with E-state index in [2.05, 4.69) is 5.32 Å². The van der Waals surface area contributed by atoms with Crippen molar-refractivity contribution in [3.63, 3.8) is 0 Å². The zero-order valence-corrected chi connectivity index (χ0v) is 13.7. The third-order valence-corrected chi connectivity index (χ3v) is 3.89. The van der Waals surface area contributed by atoms with E-state index in [0.717, 1.165) is 0 Å². The molecule has 1 saturated heterocycles. The normalized spacial score (nSPS) is 20.3. The molecule has 23 heavy (non-hydrogen) atoms. The van der Waals surface area contributed by atoms with Crippen molar-refractivity contribution in [3.05, 3.63) is 23.8 Å². The molecule has 0 aromatic heterocycles. The molecule has 1 aromatic rings. The average Bonchev–Trinajstić information content (AvgIpc) is 2.95. The van der Waals surface area contributed by atoms with E-state index < -0.39 is 6.04 Å². The topological polar surface area (TPSA) is 93.9 Å². The molecule has 1 aliphatic heterocycles. The largest absolute Gasteiger partial charge is 0.496 e. The minimum atomic E-state index is -0.577. The number of carbonyl (C=O) groups excluding carboxylic acids is 2. The Morgan fingerprint density at radius 3 is 2.43 bits per heavy atom. The zero-order valence-electron chi connectivity index (χ0n) is 13.7. The maximum Gasteiger partial charge on any atom is 0.262 e. The van der Waals surface area contributed by atoms with E-state index in [1.54, 1.807) is 18.2 Å². The van der Waals surface area contributed by atoms with Gasteiger partial charge in [-0.25, -0.2) is 0 Å². The lowest BCUT2D eigenvalue weighted by Crippen LogP contribution is -2.46. The van der Waals surface area contributed by atoms with Crippen LogP contribution in [-0.4, -0.2) is 56.1 Å². The van der Waals surface area contributed by atoms with Crippen LogP contribution in [-0.2, 0) is 4.79 Å². The number of carbonyl (C=O) groups is 2. The van der Waals surface area contributed by atoms with Gasteiger partial charge >= 0.3 is 0 Å². The highest BCUT2D eigenvalue weighted by Gasteiger charge is 2.39. The fourth-order valence-corrected chi connectivity index (χ4v) is 2.84. The van der Waals surface area contributed by atoms with E-state index in [1.807, 2.05) is 6.92 Å². The standard InChI is InChI=1S/C16H23N3O4/c1-4-18-15(20)11-8-10(17)9-19(11)16(21)14-12(22-2)6-5-7-13(14)23-3/h5-7,10-11H,4,8-9,17H2,1-3H3,(H,18,20). The van der Waals surface area contributed by atoms with Crippen molar-refractivity contribution in [2.45, 2.75) is 25.4 Å². The van der Waals surface area contributed by atoms with E-state index in [1.165, 1.54) is 19.1 Å². The van der Waals surface area contributed by atoms with Crippen molar-refractivity contribution in [1.29, 1.82) is 0 Å². The lowest BCUT2D eigenvalue weighted by molar-refractivity contribution is -0.124. The number of nitrogens with one attached hydrogen (secondary N) is 1. The first-order chi connectivity index (χ1) is 11.0. The summed E-state index contributed by atoms with van der Waals surface area (Å²) >= 11 is 0. The zero-order chi connectivity index (χ0) is 17.0. The maximum atomic E-state index is 13.0. The summed E-state index contributed by atoms with van der Waals surface area (Å²) < 4.78 is 10.6. The number of hydrogen-bond acceptors (Lipinski definition) is 5. The molecule has 126 valence electrons. The number of amides is 2. The smallest absolute Gasteiger partial charge is 0.262 e. The number of nitrogens with zero attached hydrogens (tertiary/aromatic N) is 1. The molecule has 2 amide bonds. The first-order valence-corrected chi connectivity index (χ1v) is 7.58. The Labute approximate surface area is 135 Å². The first kappa shape index (κ1) is 17.1. The van der Waals surface area contributed by atoms with Gasteiger partial charge in [0.1, 0.15) is 23.1 Å². The van der Waals surface area contributed by atoms with E-state index in [0.29, 0.717) is 36.6 Å². The molecule has 0 spiro atoms. The van der Waals surface area contributed by atoms with Gasteiger partial charge in [0.2, 0.25) is 5.91 Å². The third-order valence-electron chi connectivity index (χ3n) is 3.89. The average molecular weight is 321 g/mol. The first-order valence-electron chi connectivity index (χ1n) is 7.58. The third kappa shape index (κ3) is 3.39. The molecule has 2 atom stereocenters. The number of hydrogen-bond donors (Lipinski definition) is 2. The SMILES string of the molecule is CCNC(=O)C1CC(N)CN1C(=O)c1c(OC)cccc1OC. The van der Waals surface area contributed by atoms with Gasteiger partial charge in [0.25, 0.3) is 5.91 Å². The molecular formula is C16H23N3O4. The van der Waals surface area contributed by atoms with Crippen LogP contribution in [0.5, 0.6) is 11.5 Å². The molecule has 0 bridgehead atoms. The summed E-state index contributed by atoms with van der Waals surface area (Å²) in [4.78, 5) is 26.7. The van der Waals surface area contributed by atoms with Crippen molar-refractivity contribution in [3.8, 4) is 11.5 Å². The van der Waals surface area contributed by atoms with Crippen LogP contribution in [0.4, 0.5) is 0 Å². The number of nitrogens with two attached hydrogens (primary N) is 1. The van der Waals surface area contributed by atoms with Gasteiger partial charge in [0.15, 0.2) is 0 Å². The van der Waals surface area contributed by atoms with Crippen molar-refractivity contribution in [2.75, 3.05) is 27.3 Å². The van der Waals surface area contributed by atoms with Crippen LogP contribution < -0.4 is 20.5 Å². The lowest BCUT2D eigenvalue weighted by Gasteiger charge is -2.25. The van der Waals surface area contributed by atoms with Crippen molar-refractivity contribution < 1.29 is 19.1 Å². The van der Waals surface area contributed by atoms with Crippen LogP contribution in [0.1, 0.15) is 23.7 Å². The minimum absolute atomic E-state index is 0.192. The summed E-state index contributed by atoms with van der Waals surface area (Å²) in [5.41, 5.74) is 6.28. The van der Waals surface area contributed by atoms with Gasteiger partial charge in [-0.1, -0.05) is 6.07 Å². The molecule has 7 nitrogen and oxygen atoms in total. The molecule has 1 heterocycles. The molecule has 1 fully saturated rings. The highest BCUT2D eigenvalue weighted by molar-refractivity contribution is 6.02. The Morgan fingerprint density at radius 1 is 1.30 bits per heavy atom. The maximum absolute atomic E-state index is 13.0. The Morgan fingerprint density at radius 2 is 1.91 bits per heavy atom. The highest BCUT2D eigenvalue weighted by atomic mass is 16.5. The Kier molecular flexibility index (Phi) is 5.44. The molecule has 2 rings (SSSR count). The molecule has 2 unspecified atom stereocenters. The quantitative estimate of drug-likeness (QED) is 0.818. The Hall–Kier alpha value is -2.28. The van der Waals surface area contributed by atoms with Crippen LogP contribution in [0.15, 0.2) is 18.2 Å². The number of methoxy groups -OCH3 is 2. The fraction of sp³-hybridized carbons (Fsp3) is 0.500. The fourth-order valence-electron chi connectivity index (χ4n) is 2.84. The number of ether oxygens (including phenoxy) is 2. The van der Waals surface area contributed by atoms with Crippen molar-refractivity contribution in [2.24, 2.45) is 5.73 Å². The predicted molar refractivity (Wildman–Crippen MR) is 85.6 cm³/mol. The van der Waals surface area contributed by atoms with Gasteiger partial charge in [0.05, 0.1) is 14.2 Å². The number of rotatable bonds is 5. The van der Waals surface area contributed by atoms with Crippen LogP contribution in [0, 0.1) is 0 Å². The monoisotopic (exact) mass is 321 g/mol. The summed E-state index contributed by atoms with van der Waals surface area (Å²) in [6.45, 7) is 2.66. The predicted octanol–water partition coefficient (Wildman–Crippen LogP) is 0.382. The summed E-state index contributed by atoms with van der Waals surface area (Å²) in [7, 11) is 2.98. The van der Waals surface area contributed by atoms with E-state index in [4.69, 9.17) is 15.2 Å². The molecule has 0 radical (unpaired) electrons. The minimum Gasteiger partial charge on any atom is -0.496 e. The van der Waals surface area contributed by atoms with Crippen molar-refractivity contribution >= 4 is 11.8 Å². The Balaban J connectivity index is 2.37. The molecular weight excluding hydrogens is 298 g/mol.